The largest absolute Gasteiger partial charge is 0.477 e. The summed E-state index contributed by atoms with van der Waals surface area (Å²) in [6.45, 7) is 2.62. The van der Waals surface area contributed by atoms with Crippen molar-refractivity contribution in [1.29, 1.82) is 0 Å². The number of oxime groups is 1. The average molecular weight is 311 g/mol. The van der Waals surface area contributed by atoms with E-state index in [4.69, 9.17) is 5.11 Å². The zero-order chi connectivity index (χ0) is 16.5. The van der Waals surface area contributed by atoms with Crippen molar-refractivity contribution in [1.82, 2.24) is 0 Å². The van der Waals surface area contributed by atoms with Gasteiger partial charge in [0.25, 0.3) is 0 Å². The van der Waals surface area contributed by atoms with Gasteiger partial charge in [-0.3, -0.25) is 0 Å². The fraction of sp³-hybridized carbons (Fsp3) is 0.263. The molecule has 0 aliphatic carbocycles. The quantitative estimate of drug-likeness (QED) is 0.922. The Morgan fingerprint density at radius 2 is 1.87 bits per heavy atom. The van der Waals surface area contributed by atoms with E-state index in [9.17, 15) is 4.79 Å². The zero-order valence-electron chi connectivity index (χ0n) is 13.2. The second-order valence-electron chi connectivity index (χ2n) is 5.24. The number of carboxylic acid groups (broad SMARTS) is 1. The normalized spacial score (nSPS) is 12.7. The molecule has 0 unspecified atom stereocenters. The molecule has 0 saturated heterocycles. The number of aryl methyl sites for hydroxylation is 1. The van der Waals surface area contributed by atoms with Crippen molar-refractivity contribution in [3.8, 4) is 11.1 Å². The molecule has 0 bridgehead atoms. The topological polar surface area (TPSA) is 58.9 Å². The summed E-state index contributed by atoms with van der Waals surface area (Å²) in [7, 11) is 0. The molecule has 0 fully saturated rings. The Morgan fingerprint density at radius 1 is 1.13 bits per heavy atom. The molecule has 3 rings (SSSR count). The van der Waals surface area contributed by atoms with Crippen LogP contribution in [0.15, 0.2) is 59.8 Å². The second-order valence-corrected chi connectivity index (χ2v) is 5.24. The van der Waals surface area contributed by atoms with Crippen molar-refractivity contribution in [2.45, 2.75) is 26.2 Å². The first kappa shape index (κ1) is 16.7. The Kier molecular flexibility index (Phi) is 6.36. The highest BCUT2D eigenvalue weighted by Gasteiger charge is 2.14. The van der Waals surface area contributed by atoms with E-state index >= 15 is 0 Å². The van der Waals surface area contributed by atoms with Gasteiger partial charge in [-0.2, -0.15) is 0 Å². The summed E-state index contributed by atoms with van der Waals surface area (Å²) in [5.41, 5.74) is 4.17. The van der Waals surface area contributed by atoms with Crippen molar-refractivity contribution in [3.05, 3.63) is 60.2 Å². The lowest BCUT2D eigenvalue weighted by molar-refractivity contribution is -0.129. The molecule has 0 atom stereocenters. The van der Waals surface area contributed by atoms with E-state index in [0.717, 1.165) is 0 Å². The van der Waals surface area contributed by atoms with E-state index in [1.807, 2.05) is 0 Å². The average Bonchev–Trinajstić information content (AvgIpc) is 3.12. The first-order valence-electron chi connectivity index (χ1n) is 7.77. The molecule has 1 N–H and O–H groups in total. The van der Waals surface area contributed by atoms with Gasteiger partial charge in [0.05, 0.1) is 0 Å². The summed E-state index contributed by atoms with van der Waals surface area (Å²) >= 11 is 0. The summed E-state index contributed by atoms with van der Waals surface area (Å²) in [4.78, 5) is 14.4. The fourth-order valence-electron chi connectivity index (χ4n) is 2.28. The van der Waals surface area contributed by atoms with Gasteiger partial charge in [0.2, 0.25) is 0 Å². The Hall–Kier alpha value is -2.62. The number of hydrogen-bond donors (Lipinski definition) is 1. The minimum Gasteiger partial charge on any atom is -0.477 e. The summed E-state index contributed by atoms with van der Waals surface area (Å²) in [5, 5.41) is 11.5. The fourth-order valence-corrected chi connectivity index (χ4v) is 2.28. The second kappa shape index (κ2) is 8.73. The molecule has 120 valence electrons. The van der Waals surface area contributed by atoms with Crippen molar-refractivity contribution in [3.63, 3.8) is 0 Å². The predicted molar refractivity (Wildman–Crippen MR) is 91.5 cm³/mol. The van der Waals surface area contributed by atoms with E-state index in [1.165, 1.54) is 29.5 Å². The van der Waals surface area contributed by atoms with Crippen LogP contribution in [0.4, 0.5) is 0 Å². The monoisotopic (exact) mass is 311 g/mol. The summed E-state index contributed by atoms with van der Waals surface area (Å²) < 4.78 is 0. The molecule has 23 heavy (non-hydrogen) atoms. The van der Waals surface area contributed by atoms with E-state index < -0.39 is 5.97 Å². The summed E-state index contributed by atoms with van der Waals surface area (Å²) in [5.74, 6) is -0.984. The lowest BCUT2D eigenvalue weighted by atomic mass is 10.0. The predicted octanol–water partition coefficient (Wildman–Crippen LogP) is 4.15. The van der Waals surface area contributed by atoms with Crippen LogP contribution in [-0.4, -0.2) is 23.4 Å². The van der Waals surface area contributed by atoms with Crippen LogP contribution in [0, 0.1) is 0 Å². The molecule has 4 heteroatoms. The van der Waals surface area contributed by atoms with Crippen LogP contribution in [-0.2, 0) is 16.1 Å². The first-order chi connectivity index (χ1) is 11.2. The molecule has 2 aromatic carbocycles. The number of benzene rings is 2. The van der Waals surface area contributed by atoms with Gasteiger partial charge in [0, 0.05) is 6.42 Å². The Balaban J connectivity index is 0.000000203. The highest BCUT2D eigenvalue weighted by Crippen LogP contribution is 2.20. The molecule has 0 amide bonds. The number of aliphatic carboxylic acids is 1. The summed E-state index contributed by atoms with van der Waals surface area (Å²) in [6.07, 6.45) is 2.80. The SMILES string of the molecule is CCCc1cccc(-c2ccccc2)c1.O=C(O)C1=NOCC1. The van der Waals surface area contributed by atoms with E-state index in [-0.39, 0.29) is 5.71 Å². The smallest absolute Gasteiger partial charge is 0.353 e. The van der Waals surface area contributed by atoms with Crippen LogP contribution in [0.5, 0.6) is 0 Å². The molecule has 0 aromatic heterocycles. The minimum atomic E-state index is -0.984. The lowest BCUT2D eigenvalue weighted by Gasteiger charge is -2.04. The first-order valence-corrected chi connectivity index (χ1v) is 7.77. The molecule has 1 aliphatic heterocycles. The Bertz CT molecular complexity index is 665. The molecule has 2 aromatic rings. The zero-order valence-corrected chi connectivity index (χ0v) is 13.2. The maximum atomic E-state index is 9.99. The van der Waals surface area contributed by atoms with Crippen LogP contribution in [0.3, 0.4) is 0 Å². The highest BCUT2D eigenvalue weighted by molar-refractivity contribution is 6.35. The van der Waals surface area contributed by atoms with Gasteiger partial charge in [-0.15, -0.1) is 0 Å². The summed E-state index contributed by atoms with van der Waals surface area (Å²) in [6, 6.07) is 19.4. The standard InChI is InChI=1S/C15H16.C4H5NO3/c1-2-7-13-8-6-11-15(12-13)14-9-4-3-5-10-14;6-4(7)3-1-2-8-5-3/h3-6,8-12H,2,7H2,1H3;1-2H2,(H,6,7). The third kappa shape index (κ3) is 5.25. The third-order valence-electron chi connectivity index (χ3n) is 3.42. The number of hydrogen-bond acceptors (Lipinski definition) is 3. The molecule has 0 saturated carbocycles. The molecular formula is C19H21NO3. The minimum absolute atomic E-state index is 0.116. The van der Waals surface area contributed by atoms with Crippen molar-refractivity contribution < 1.29 is 14.7 Å². The lowest BCUT2D eigenvalue weighted by Crippen LogP contribution is -2.09. The van der Waals surface area contributed by atoms with Crippen LogP contribution in [0.25, 0.3) is 11.1 Å². The molecule has 0 radical (unpaired) electrons. The molecular weight excluding hydrogens is 290 g/mol. The van der Waals surface area contributed by atoms with Crippen molar-refractivity contribution >= 4 is 11.7 Å². The number of carbonyl (C=O) groups is 1. The highest BCUT2D eigenvalue weighted by atomic mass is 16.6. The maximum absolute atomic E-state index is 9.99. The van der Waals surface area contributed by atoms with Gasteiger partial charge in [-0.1, -0.05) is 73.1 Å². The van der Waals surface area contributed by atoms with E-state index in [0.29, 0.717) is 13.0 Å². The van der Waals surface area contributed by atoms with E-state index in [2.05, 4.69) is 71.5 Å². The van der Waals surface area contributed by atoms with Crippen molar-refractivity contribution in [2.24, 2.45) is 5.16 Å². The third-order valence-corrected chi connectivity index (χ3v) is 3.42. The van der Waals surface area contributed by atoms with Gasteiger partial charge in [0.1, 0.15) is 6.61 Å². The van der Waals surface area contributed by atoms with Crippen molar-refractivity contribution in [2.75, 3.05) is 6.61 Å². The van der Waals surface area contributed by atoms with E-state index in [1.54, 1.807) is 0 Å². The van der Waals surface area contributed by atoms with Crippen LogP contribution in [0.2, 0.25) is 0 Å². The molecule has 1 aliphatic rings. The Morgan fingerprint density at radius 3 is 2.43 bits per heavy atom. The van der Waals surface area contributed by atoms with Gasteiger partial charge in [-0.25, -0.2) is 4.79 Å². The van der Waals surface area contributed by atoms with Gasteiger partial charge in [-0.05, 0) is 23.1 Å². The van der Waals surface area contributed by atoms with Crippen LogP contribution < -0.4 is 0 Å². The molecule has 0 spiro atoms. The Labute approximate surface area is 136 Å². The van der Waals surface area contributed by atoms with Gasteiger partial charge < -0.3 is 9.94 Å². The number of carboxylic acids is 1. The van der Waals surface area contributed by atoms with Gasteiger partial charge in [0.15, 0.2) is 5.71 Å². The number of nitrogens with zero attached hydrogens (tertiary/aromatic N) is 1. The van der Waals surface area contributed by atoms with Crippen LogP contribution in [0.1, 0.15) is 25.3 Å². The maximum Gasteiger partial charge on any atom is 0.353 e. The van der Waals surface area contributed by atoms with Crippen LogP contribution >= 0.6 is 0 Å². The molecule has 1 heterocycles. The molecule has 4 nitrogen and oxygen atoms in total. The van der Waals surface area contributed by atoms with Gasteiger partial charge >= 0.3 is 5.97 Å². The number of rotatable bonds is 4.